The number of alkyl halides is 1. The fourth-order valence-electron chi connectivity index (χ4n) is 0.0842. The van der Waals surface area contributed by atoms with Crippen LogP contribution in [-0.4, -0.2) is 6.67 Å². The number of rotatable bonds is 1. The predicted octanol–water partition coefficient (Wildman–Crippen LogP) is 0.839. The molecule has 2 heteroatoms. The van der Waals surface area contributed by atoms with Gasteiger partial charge in [0.25, 0.3) is 0 Å². The molecule has 0 aliphatic carbocycles. The van der Waals surface area contributed by atoms with Crippen LogP contribution in [0.5, 0.6) is 0 Å². The molecule has 6 heavy (non-hydrogen) atoms. The maximum atomic E-state index is 10.9. The number of nitriles is 1. The second kappa shape index (κ2) is 4.16. The molecule has 0 aliphatic heterocycles. The lowest BCUT2D eigenvalue weighted by atomic mass is 10.6. The molecule has 0 unspecified atom stereocenters. The van der Waals surface area contributed by atoms with Crippen LogP contribution >= 0.6 is 0 Å². The average Bonchev–Trinajstić information content (AvgIpc) is 1.61. The largest absolute Gasteiger partial charge is 0.246 e. The molecule has 0 fully saturated rings. The Morgan fingerprint density at radius 2 is 2.50 bits per heavy atom. The second-order valence-corrected chi connectivity index (χ2v) is 0.611. The SMILES string of the molecule is N#CC=[C]CF. The van der Waals surface area contributed by atoms with Crippen molar-refractivity contribution in [2.24, 2.45) is 0 Å². The van der Waals surface area contributed by atoms with E-state index in [-0.39, 0.29) is 0 Å². The third-order valence-electron chi connectivity index (χ3n) is 0.244. The minimum Gasteiger partial charge on any atom is -0.246 e. The van der Waals surface area contributed by atoms with Crippen LogP contribution in [0.25, 0.3) is 0 Å². The van der Waals surface area contributed by atoms with Gasteiger partial charge in [0, 0.05) is 6.08 Å². The first-order valence-electron chi connectivity index (χ1n) is 1.42. The fraction of sp³-hybridized carbons (Fsp3) is 0.250. The van der Waals surface area contributed by atoms with Gasteiger partial charge >= 0.3 is 0 Å². The van der Waals surface area contributed by atoms with E-state index < -0.39 is 6.67 Å². The standard InChI is InChI=1S/C4H3FN/c5-3-1-2-4-6/h2H,3H2. The van der Waals surface area contributed by atoms with Gasteiger partial charge in [0.05, 0.1) is 6.07 Å². The van der Waals surface area contributed by atoms with E-state index in [0.29, 0.717) is 0 Å². The van der Waals surface area contributed by atoms with E-state index in [1.807, 2.05) is 6.08 Å². The molecule has 31 valence electrons. The third-order valence-corrected chi connectivity index (χ3v) is 0.244. The number of allylic oxidation sites excluding steroid dienone is 2. The minimum atomic E-state index is -0.673. The highest BCUT2D eigenvalue weighted by atomic mass is 19.1. The van der Waals surface area contributed by atoms with E-state index >= 15 is 0 Å². The zero-order chi connectivity index (χ0) is 4.83. The summed E-state index contributed by atoms with van der Waals surface area (Å²) in [5, 5.41) is 7.66. The first-order valence-corrected chi connectivity index (χ1v) is 1.42. The van der Waals surface area contributed by atoms with Gasteiger partial charge in [-0.15, -0.1) is 0 Å². The highest BCUT2D eigenvalue weighted by molar-refractivity contribution is 4.96. The number of hydrogen-bond donors (Lipinski definition) is 0. The summed E-state index contributed by atoms with van der Waals surface area (Å²) in [6, 6.07) is 1.59. The van der Waals surface area contributed by atoms with Gasteiger partial charge in [-0.3, -0.25) is 0 Å². The maximum absolute atomic E-state index is 10.9. The topological polar surface area (TPSA) is 23.8 Å². The molecule has 1 radical (unpaired) electrons. The average molecular weight is 84.1 g/mol. The van der Waals surface area contributed by atoms with Gasteiger partial charge in [-0.05, 0) is 6.08 Å². The Morgan fingerprint density at radius 3 is 2.67 bits per heavy atom. The molecule has 0 N–H and O–H groups in total. The minimum absolute atomic E-state index is 0.673. The van der Waals surface area contributed by atoms with Crippen molar-refractivity contribution in [2.45, 2.75) is 0 Å². The van der Waals surface area contributed by atoms with Crippen LogP contribution in [0, 0.1) is 17.4 Å². The molecule has 0 heterocycles. The zero-order valence-electron chi connectivity index (χ0n) is 3.11. The molecule has 0 aromatic rings. The molecule has 0 atom stereocenters. The highest BCUT2D eigenvalue weighted by Crippen LogP contribution is 1.66. The summed E-state index contributed by atoms with van der Waals surface area (Å²) in [6.45, 7) is -0.673. The van der Waals surface area contributed by atoms with Gasteiger partial charge < -0.3 is 0 Å². The monoisotopic (exact) mass is 84.0 g/mol. The fourth-order valence-corrected chi connectivity index (χ4v) is 0.0842. The molecule has 0 bridgehead atoms. The summed E-state index contributed by atoms with van der Waals surface area (Å²) in [6.07, 6.45) is 3.03. The molecule has 0 saturated heterocycles. The number of halogens is 1. The van der Waals surface area contributed by atoms with Crippen molar-refractivity contribution >= 4 is 0 Å². The molecule has 0 aliphatic rings. The van der Waals surface area contributed by atoms with Crippen LogP contribution in [0.4, 0.5) is 4.39 Å². The van der Waals surface area contributed by atoms with Crippen LogP contribution in [0.1, 0.15) is 0 Å². The summed E-state index contributed by atoms with van der Waals surface area (Å²) >= 11 is 0. The molecule has 0 spiro atoms. The summed E-state index contributed by atoms with van der Waals surface area (Å²) in [5.41, 5.74) is 0. The molecule has 0 aromatic heterocycles. The first-order chi connectivity index (χ1) is 2.91. The molecule has 1 nitrogen and oxygen atoms in total. The smallest absolute Gasteiger partial charge is 0.116 e. The van der Waals surface area contributed by atoms with Crippen molar-refractivity contribution < 1.29 is 4.39 Å². The van der Waals surface area contributed by atoms with E-state index in [0.717, 1.165) is 6.08 Å². The summed E-state index contributed by atoms with van der Waals surface area (Å²) in [5.74, 6) is 0. The van der Waals surface area contributed by atoms with Crippen LogP contribution in [0.15, 0.2) is 6.08 Å². The summed E-state index contributed by atoms with van der Waals surface area (Å²) < 4.78 is 10.9. The molecule has 0 rings (SSSR count). The Kier molecular flexibility index (Phi) is 3.58. The maximum Gasteiger partial charge on any atom is 0.116 e. The summed E-state index contributed by atoms with van der Waals surface area (Å²) in [4.78, 5) is 0. The van der Waals surface area contributed by atoms with Crippen molar-refractivity contribution in [1.82, 2.24) is 0 Å². The van der Waals surface area contributed by atoms with Crippen LogP contribution < -0.4 is 0 Å². The Labute approximate surface area is 35.7 Å². The van der Waals surface area contributed by atoms with Gasteiger partial charge in [0.15, 0.2) is 0 Å². The summed E-state index contributed by atoms with van der Waals surface area (Å²) in [7, 11) is 0. The zero-order valence-corrected chi connectivity index (χ0v) is 3.11. The van der Waals surface area contributed by atoms with Crippen LogP contribution in [0.3, 0.4) is 0 Å². The Morgan fingerprint density at radius 1 is 1.83 bits per heavy atom. The molecule has 0 saturated carbocycles. The van der Waals surface area contributed by atoms with E-state index in [4.69, 9.17) is 5.26 Å². The quantitative estimate of drug-likeness (QED) is 0.432. The molecule has 0 aromatic carbocycles. The van der Waals surface area contributed by atoms with E-state index in [2.05, 4.69) is 0 Å². The number of nitrogens with zero attached hydrogens (tertiary/aromatic N) is 1. The van der Waals surface area contributed by atoms with Gasteiger partial charge in [-0.25, -0.2) is 4.39 Å². The van der Waals surface area contributed by atoms with Crippen molar-refractivity contribution in [3.8, 4) is 6.07 Å². The van der Waals surface area contributed by atoms with E-state index in [1.165, 1.54) is 0 Å². The molecule has 0 amide bonds. The van der Waals surface area contributed by atoms with Crippen LogP contribution in [0.2, 0.25) is 0 Å². The molecular weight excluding hydrogens is 81.0 g/mol. The van der Waals surface area contributed by atoms with Crippen molar-refractivity contribution in [2.75, 3.05) is 6.67 Å². The molecular formula is C4H3FN. The first kappa shape index (κ1) is 5.16. The predicted molar refractivity (Wildman–Crippen MR) is 19.4 cm³/mol. The van der Waals surface area contributed by atoms with E-state index in [1.54, 1.807) is 6.07 Å². The van der Waals surface area contributed by atoms with Crippen LogP contribution in [-0.2, 0) is 0 Å². The highest BCUT2D eigenvalue weighted by Gasteiger charge is 1.62. The van der Waals surface area contributed by atoms with E-state index in [9.17, 15) is 4.39 Å². The van der Waals surface area contributed by atoms with Gasteiger partial charge in [-0.1, -0.05) is 0 Å². The van der Waals surface area contributed by atoms with Gasteiger partial charge in [0.1, 0.15) is 6.67 Å². The lowest BCUT2D eigenvalue weighted by molar-refractivity contribution is 0.553. The van der Waals surface area contributed by atoms with Crippen molar-refractivity contribution in [3.63, 3.8) is 0 Å². The lowest BCUT2D eigenvalue weighted by Crippen LogP contribution is -1.57. The second-order valence-electron chi connectivity index (χ2n) is 0.611. The Hall–Kier alpha value is -0.840. The van der Waals surface area contributed by atoms with Crippen molar-refractivity contribution in [3.05, 3.63) is 12.2 Å². The van der Waals surface area contributed by atoms with Gasteiger partial charge in [0.2, 0.25) is 0 Å². The Bertz CT molecular complexity index is 80.0. The number of hydrogen-bond acceptors (Lipinski definition) is 1. The van der Waals surface area contributed by atoms with Gasteiger partial charge in [-0.2, -0.15) is 5.26 Å². The Balaban J connectivity index is 3.02. The van der Waals surface area contributed by atoms with Crippen molar-refractivity contribution in [1.29, 1.82) is 5.26 Å². The third kappa shape index (κ3) is 3.16. The normalized spacial score (nSPS) is 8.67. The lowest BCUT2D eigenvalue weighted by Gasteiger charge is -1.59.